The van der Waals surface area contributed by atoms with Gasteiger partial charge in [0.2, 0.25) is 11.7 Å². The van der Waals surface area contributed by atoms with Crippen molar-refractivity contribution in [2.45, 2.75) is 83.3 Å². The van der Waals surface area contributed by atoms with Gasteiger partial charge in [-0.15, -0.1) is 11.3 Å². The predicted octanol–water partition coefficient (Wildman–Crippen LogP) is 5.24. The largest absolute Gasteiger partial charge is 0.462 e. The highest BCUT2D eigenvalue weighted by Crippen LogP contribution is 2.54. The third-order valence-electron chi connectivity index (χ3n) is 10.4. The van der Waals surface area contributed by atoms with Crippen LogP contribution in [0.15, 0.2) is 15.6 Å². The average molecular weight is 717 g/mol. The van der Waals surface area contributed by atoms with E-state index >= 15 is 0 Å². The van der Waals surface area contributed by atoms with Gasteiger partial charge in [-0.3, -0.25) is 4.90 Å². The number of rotatable bonds is 8. The number of thiophene rings is 1. The Labute approximate surface area is 303 Å². The summed E-state index contributed by atoms with van der Waals surface area (Å²) in [5.41, 5.74) is 1.20. The summed E-state index contributed by atoms with van der Waals surface area (Å²) < 4.78 is 18.0. The zero-order valence-electron chi connectivity index (χ0n) is 30.7. The number of amides is 1. The minimum Gasteiger partial charge on any atom is -0.462 e. The van der Waals surface area contributed by atoms with Crippen LogP contribution in [0.5, 0.6) is 6.01 Å². The van der Waals surface area contributed by atoms with Crippen LogP contribution in [-0.2, 0) is 16.6 Å². The summed E-state index contributed by atoms with van der Waals surface area (Å²) >= 11 is 1.56. The highest BCUT2D eigenvalue weighted by molar-refractivity contribution is 7.16. The molecule has 0 aromatic carbocycles. The molecule has 7 rings (SSSR count). The van der Waals surface area contributed by atoms with Gasteiger partial charge in [0.1, 0.15) is 34.8 Å². The molecular weight excluding hydrogens is 669 g/mol. The van der Waals surface area contributed by atoms with Gasteiger partial charge in [-0.05, 0) is 78.7 Å². The second-order valence-electron chi connectivity index (χ2n) is 15.9. The van der Waals surface area contributed by atoms with Crippen LogP contribution in [0.2, 0.25) is 0 Å². The number of nitriles is 1. The van der Waals surface area contributed by atoms with Gasteiger partial charge in [-0.25, -0.2) is 9.79 Å². The monoisotopic (exact) mass is 716 g/mol. The summed E-state index contributed by atoms with van der Waals surface area (Å²) in [6.07, 6.45) is 7.64. The van der Waals surface area contributed by atoms with E-state index < -0.39 is 11.0 Å². The van der Waals surface area contributed by atoms with Crippen LogP contribution in [0.3, 0.4) is 0 Å². The van der Waals surface area contributed by atoms with Crippen LogP contribution in [-0.4, -0.2) is 119 Å². The first-order valence-corrected chi connectivity index (χ1v) is 18.6. The fraction of sp³-hybridized carbons (Fsp3) is 0.639. The standard InChI is InChI=1S/C36H48N10O4S/c1-34(2,3)49-33(47)46-15-13-45(14-16-46)27-17-25(39-32(40-27)48-20-23-18-36(11-12-36)21-44(23)7)29-41-31(50-42-29)35(4)10-8-9-26-28(35)24(19-37)30(51-26)38-22-43(5)6/h17,22-23H,8-16,18,20-21H2,1-7H3/t23-,35-/m0/s1. The van der Waals surface area contributed by atoms with Crippen molar-refractivity contribution in [3.63, 3.8) is 0 Å². The van der Waals surface area contributed by atoms with Crippen LogP contribution in [0, 0.1) is 16.7 Å². The van der Waals surface area contributed by atoms with Gasteiger partial charge in [-0.2, -0.15) is 20.2 Å². The second-order valence-corrected chi connectivity index (χ2v) is 17.0. The zero-order valence-corrected chi connectivity index (χ0v) is 31.5. The first-order chi connectivity index (χ1) is 24.3. The summed E-state index contributed by atoms with van der Waals surface area (Å²) in [4.78, 5) is 41.2. The number of hydrogen-bond acceptors (Lipinski definition) is 13. The van der Waals surface area contributed by atoms with Crippen molar-refractivity contribution >= 4 is 34.6 Å². The first-order valence-electron chi connectivity index (χ1n) is 17.8. The van der Waals surface area contributed by atoms with Crippen LogP contribution in [0.4, 0.5) is 15.6 Å². The maximum atomic E-state index is 12.8. The Morgan fingerprint density at radius 2 is 1.96 bits per heavy atom. The van der Waals surface area contributed by atoms with Gasteiger partial charge >= 0.3 is 12.1 Å². The third-order valence-corrected chi connectivity index (χ3v) is 11.6. The lowest BCUT2D eigenvalue weighted by Gasteiger charge is -2.36. The molecule has 1 spiro atoms. The number of hydrogen-bond donors (Lipinski definition) is 0. The number of likely N-dealkylation sites (tertiary alicyclic amines) is 1. The predicted molar refractivity (Wildman–Crippen MR) is 194 cm³/mol. The van der Waals surface area contributed by atoms with Gasteiger partial charge in [-0.1, -0.05) is 5.16 Å². The molecule has 2 saturated heterocycles. The van der Waals surface area contributed by atoms with E-state index in [2.05, 4.69) is 40.0 Å². The van der Waals surface area contributed by atoms with Crippen molar-refractivity contribution in [2.75, 3.05) is 65.4 Å². The smallest absolute Gasteiger partial charge is 0.410 e. The lowest BCUT2D eigenvalue weighted by molar-refractivity contribution is 0.0240. The molecule has 51 heavy (non-hydrogen) atoms. The summed E-state index contributed by atoms with van der Waals surface area (Å²) in [6, 6.07) is 4.84. The molecule has 2 atom stereocenters. The maximum Gasteiger partial charge on any atom is 0.410 e. The van der Waals surface area contributed by atoms with Gasteiger partial charge in [0.05, 0.1) is 17.3 Å². The van der Waals surface area contributed by atoms with E-state index in [4.69, 9.17) is 28.9 Å². The van der Waals surface area contributed by atoms with E-state index in [1.165, 1.54) is 12.8 Å². The van der Waals surface area contributed by atoms with Gasteiger partial charge in [0, 0.05) is 69.4 Å². The first kappa shape index (κ1) is 35.1. The molecule has 0 N–H and O–H groups in total. The minimum absolute atomic E-state index is 0.257. The van der Waals surface area contributed by atoms with Crippen LogP contribution < -0.4 is 9.64 Å². The fourth-order valence-corrected chi connectivity index (χ4v) is 8.81. The molecule has 4 aliphatic rings. The van der Waals surface area contributed by atoms with Gasteiger partial charge in [0.15, 0.2) is 0 Å². The topological polar surface area (TPSA) is 149 Å². The number of ether oxygens (including phenoxy) is 2. The molecule has 14 nitrogen and oxygen atoms in total. The molecule has 3 fully saturated rings. The van der Waals surface area contributed by atoms with Crippen molar-refractivity contribution in [2.24, 2.45) is 10.4 Å². The fourth-order valence-electron chi connectivity index (χ4n) is 7.55. The van der Waals surface area contributed by atoms with Crippen molar-refractivity contribution in [1.82, 2.24) is 34.8 Å². The number of aliphatic imine (C=N–C) groups is 1. The summed E-state index contributed by atoms with van der Waals surface area (Å²) in [5, 5.41) is 15.4. The molecule has 0 radical (unpaired) electrons. The summed E-state index contributed by atoms with van der Waals surface area (Å²) in [7, 11) is 5.97. The Bertz CT molecular complexity index is 1850. The normalized spacial score (nSPS) is 23.1. The molecule has 3 aromatic rings. The summed E-state index contributed by atoms with van der Waals surface area (Å²) in [6.45, 7) is 11.4. The Morgan fingerprint density at radius 3 is 2.63 bits per heavy atom. The maximum absolute atomic E-state index is 12.8. The SMILES string of the molecule is CN(C)C=Nc1sc2c(c1C#N)[C@@](C)(c1nc(-c3cc(N4CCN(C(=O)OC(C)(C)C)CC4)nc(OC[C@@H]4CC5(CC5)CN4C)n3)no1)CCC2. The molecule has 5 heterocycles. The van der Waals surface area contributed by atoms with Crippen molar-refractivity contribution in [1.29, 1.82) is 5.26 Å². The Balaban J connectivity index is 1.17. The molecule has 272 valence electrons. The number of carbonyl (C=O) groups is 1. The number of likely N-dealkylation sites (N-methyl/N-ethyl adjacent to an activating group) is 1. The van der Waals surface area contributed by atoms with E-state index in [0.29, 0.717) is 78.0 Å². The molecular formula is C36H48N10O4S. The molecule has 2 aliphatic carbocycles. The lowest BCUT2D eigenvalue weighted by atomic mass is 9.72. The van der Waals surface area contributed by atoms with Gasteiger partial charge in [0.25, 0.3) is 0 Å². The Hall–Kier alpha value is -4.29. The summed E-state index contributed by atoms with van der Waals surface area (Å²) in [5.74, 6) is 1.43. The average Bonchev–Trinajstić information content (AvgIpc) is 3.39. The minimum atomic E-state index is -0.661. The molecule has 0 bridgehead atoms. The quantitative estimate of drug-likeness (QED) is 0.222. The van der Waals surface area contributed by atoms with Gasteiger partial charge < -0.3 is 28.7 Å². The number of fused-ring (bicyclic) bond motifs is 1. The highest BCUT2D eigenvalue weighted by Gasteiger charge is 2.51. The number of carbonyl (C=O) groups excluding carboxylic acids is 1. The molecule has 1 amide bonds. The van der Waals surface area contributed by atoms with Crippen LogP contribution in [0.25, 0.3) is 11.5 Å². The van der Waals surface area contributed by atoms with Crippen molar-refractivity contribution in [3.05, 3.63) is 28.0 Å². The van der Waals surface area contributed by atoms with E-state index in [9.17, 15) is 10.1 Å². The molecule has 15 heteroatoms. The Morgan fingerprint density at radius 1 is 1.20 bits per heavy atom. The van der Waals surface area contributed by atoms with Crippen molar-refractivity contribution in [3.8, 4) is 23.6 Å². The lowest BCUT2D eigenvalue weighted by Crippen LogP contribution is -2.50. The molecule has 1 saturated carbocycles. The van der Waals surface area contributed by atoms with Crippen LogP contribution in [0.1, 0.15) is 81.7 Å². The zero-order chi connectivity index (χ0) is 36.1. The molecule has 3 aromatic heterocycles. The van der Waals surface area contributed by atoms with Crippen molar-refractivity contribution < 1.29 is 18.8 Å². The van der Waals surface area contributed by atoms with E-state index in [1.54, 1.807) is 22.6 Å². The third kappa shape index (κ3) is 7.26. The Kier molecular flexibility index (Phi) is 9.20. The molecule has 0 unspecified atom stereocenters. The van der Waals surface area contributed by atoms with E-state index in [0.717, 1.165) is 42.7 Å². The van der Waals surface area contributed by atoms with E-state index in [-0.39, 0.29) is 12.1 Å². The number of aryl methyl sites for hydroxylation is 1. The highest BCUT2D eigenvalue weighted by atomic mass is 32.1. The number of anilines is 1. The number of aromatic nitrogens is 4. The van der Waals surface area contributed by atoms with Crippen LogP contribution >= 0.6 is 11.3 Å². The second kappa shape index (κ2) is 13.4. The molecule has 2 aliphatic heterocycles. The van der Waals surface area contributed by atoms with E-state index in [1.807, 2.05) is 45.8 Å². The number of piperazine rings is 1. The number of nitrogens with zero attached hydrogens (tertiary/aromatic N) is 10.